The number of benzene rings is 2. The van der Waals surface area contributed by atoms with Crippen LogP contribution in [0.25, 0.3) is 0 Å². The fraction of sp³-hybridized carbons (Fsp3) is 0.391. The van der Waals surface area contributed by atoms with Crippen LogP contribution in [0.4, 0.5) is 8.78 Å². The minimum Gasteiger partial charge on any atom is -0.371 e. The zero-order valence-corrected chi connectivity index (χ0v) is 18.7. The van der Waals surface area contributed by atoms with Crippen molar-refractivity contribution in [1.82, 2.24) is 5.32 Å². The summed E-state index contributed by atoms with van der Waals surface area (Å²) in [6.45, 7) is 7.59. The normalized spacial score (nSPS) is 18.9. The molecule has 0 aliphatic heterocycles. The van der Waals surface area contributed by atoms with Crippen LogP contribution >= 0.6 is 12.2 Å². The molecular weight excluding hydrogens is 422 g/mol. The van der Waals surface area contributed by atoms with E-state index < -0.39 is 17.8 Å². The molecule has 1 fully saturated rings. The topological polar surface area (TPSA) is 81.4 Å². The van der Waals surface area contributed by atoms with Gasteiger partial charge in [0.05, 0.1) is 11.6 Å². The lowest BCUT2D eigenvalue weighted by atomic mass is 9.86. The summed E-state index contributed by atoms with van der Waals surface area (Å²) in [5, 5.41) is 7.92. The molecule has 5 nitrogen and oxygen atoms in total. The minimum atomic E-state index is -0.876. The zero-order valence-electron chi connectivity index (χ0n) is 17.9. The van der Waals surface area contributed by atoms with Gasteiger partial charge in [-0.1, -0.05) is 39.0 Å². The number of nitrogens with two attached hydrogens (primary N) is 1. The SMILES string of the molecule is C[C@@H](NC(=O)[C@H]1C[C@@H]1c1ccc(C(C)(C)C)c(F)c1)c1ccc(C(=O)OSN)c(F)c1. The summed E-state index contributed by atoms with van der Waals surface area (Å²) in [4.78, 5) is 24.3. The lowest BCUT2D eigenvalue weighted by Gasteiger charge is -2.20. The smallest absolute Gasteiger partial charge is 0.354 e. The van der Waals surface area contributed by atoms with Gasteiger partial charge < -0.3 is 9.50 Å². The molecule has 3 N–H and O–H groups in total. The van der Waals surface area contributed by atoms with Crippen molar-refractivity contribution in [2.45, 2.75) is 51.5 Å². The second-order valence-electron chi connectivity index (χ2n) is 8.87. The fourth-order valence-electron chi connectivity index (χ4n) is 3.68. The van der Waals surface area contributed by atoms with E-state index in [0.717, 1.165) is 5.56 Å². The van der Waals surface area contributed by atoms with Crippen molar-refractivity contribution >= 4 is 24.1 Å². The number of hydrogen-bond donors (Lipinski definition) is 2. The average molecular weight is 449 g/mol. The van der Waals surface area contributed by atoms with Crippen molar-refractivity contribution in [3.05, 3.63) is 70.3 Å². The third kappa shape index (κ3) is 5.25. The first-order valence-electron chi connectivity index (χ1n) is 10.0. The van der Waals surface area contributed by atoms with Crippen molar-refractivity contribution in [3.63, 3.8) is 0 Å². The van der Waals surface area contributed by atoms with Crippen LogP contribution in [0.5, 0.6) is 0 Å². The van der Waals surface area contributed by atoms with Crippen LogP contribution in [0.1, 0.15) is 73.1 Å². The number of rotatable bonds is 6. The molecule has 31 heavy (non-hydrogen) atoms. The molecule has 0 radical (unpaired) electrons. The van der Waals surface area contributed by atoms with E-state index in [4.69, 9.17) is 5.14 Å². The Kier molecular flexibility index (Phi) is 6.71. The molecule has 1 amide bonds. The first-order valence-corrected chi connectivity index (χ1v) is 10.8. The average Bonchev–Trinajstić information content (AvgIpc) is 3.48. The molecular formula is C23H26F2N2O3S. The lowest BCUT2D eigenvalue weighted by Crippen LogP contribution is -2.28. The van der Waals surface area contributed by atoms with Gasteiger partial charge in [-0.25, -0.2) is 18.7 Å². The van der Waals surface area contributed by atoms with Crippen molar-refractivity contribution < 1.29 is 22.6 Å². The Morgan fingerprint density at radius 3 is 2.45 bits per heavy atom. The third-order valence-corrected chi connectivity index (χ3v) is 5.80. The van der Waals surface area contributed by atoms with Crippen molar-refractivity contribution in [3.8, 4) is 0 Å². The van der Waals surface area contributed by atoms with Gasteiger partial charge in [0.1, 0.15) is 23.9 Å². The Morgan fingerprint density at radius 2 is 1.87 bits per heavy atom. The van der Waals surface area contributed by atoms with Gasteiger partial charge in [-0.05, 0) is 59.6 Å². The maximum atomic E-state index is 14.5. The van der Waals surface area contributed by atoms with Crippen LogP contribution < -0.4 is 10.5 Å². The van der Waals surface area contributed by atoms with Crippen molar-refractivity contribution in [2.24, 2.45) is 11.1 Å². The maximum absolute atomic E-state index is 14.5. The van der Waals surface area contributed by atoms with Gasteiger partial charge in [-0.2, -0.15) is 0 Å². The summed E-state index contributed by atoms with van der Waals surface area (Å²) in [5.41, 5.74) is 1.45. The first-order chi connectivity index (χ1) is 14.5. The lowest BCUT2D eigenvalue weighted by molar-refractivity contribution is -0.123. The number of hydrogen-bond acceptors (Lipinski definition) is 5. The molecule has 3 rings (SSSR count). The van der Waals surface area contributed by atoms with E-state index in [1.807, 2.05) is 26.8 Å². The summed E-state index contributed by atoms with van der Waals surface area (Å²) < 4.78 is 33.2. The molecule has 166 valence electrons. The standard InChI is InChI=1S/C23H26F2N2O3S/c1-12(13-5-7-15(19(24)9-13)22(29)30-31-26)27-21(28)17-11-16(17)14-6-8-18(20(25)10-14)23(2,3)4/h5-10,12,16-17H,11,26H2,1-4H3,(H,27,28)/t12-,16-,17+/m1/s1. The van der Waals surface area contributed by atoms with Gasteiger partial charge in [0.25, 0.3) is 0 Å². The summed E-state index contributed by atoms with van der Waals surface area (Å²) in [7, 11) is 0. The van der Waals surface area contributed by atoms with Gasteiger partial charge in [-0.15, -0.1) is 0 Å². The van der Waals surface area contributed by atoms with Crippen LogP contribution in [0.2, 0.25) is 0 Å². The van der Waals surface area contributed by atoms with Crippen LogP contribution in [-0.2, 0) is 14.4 Å². The molecule has 0 spiro atoms. The molecule has 1 aliphatic carbocycles. The highest BCUT2D eigenvalue weighted by molar-refractivity contribution is 7.92. The van der Waals surface area contributed by atoms with Crippen LogP contribution in [0.15, 0.2) is 36.4 Å². The molecule has 8 heteroatoms. The van der Waals surface area contributed by atoms with Gasteiger partial charge in [-0.3, -0.25) is 4.79 Å². The Morgan fingerprint density at radius 1 is 1.16 bits per heavy atom. The first kappa shape index (κ1) is 23.2. The molecule has 0 bridgehead atoms. The number of carbonyl (C=O) groups is 2. The monoisotopic (exact) mass is 448 g/mol. The predicted octanol–water partition coefficient (Wildman–Crippen LogP) is 4.92. The van der Waals surface area contributed by atoms with Crippen LogP contribution in [0.3, 0.4) is 0 Å². The molecule has 3 atom stereocenters. The fourth-order valence-corrected chi connectivity index (χ4v) is 3.86. The number of halogens is 2. The number of carbonyl (C=O) groups excluding carboxylic acids is 2. The molecule has 0 aromatic heterocycles. The summed E-state index contributed by atoms with van der Waals surface area (Å²) in [6.07, 6.45) is 0.642. The summed E-state index contributed by atoms with van der Waals surface area (Å²) >= 11 is 0.347. The Labute approximate surface area is 185 Å². The highest BCUT2D eigenvalue weighted by atomic mass is 32.2. The van der Waals surface area contributed by atoms with E-state index in [9.17, 15) is 18.4 Å². The second-order valence-corrected chi connectivity index (χ2v) is 9.23. The molecule has 2 aromatic carbocycles. The third-order valence-electron chi connectivity index (χ3n) is 5.55. The van der Waals surface area contributed by atoms with Crippen molar-refractivity contribution in [2.75, 3.05) is 0 Å². The predicted molar refractivity (Wildman–Crippen MR) is 116 cm³/mol. The Hall–Kier alpha value is -2.45. The van der Waals surface area contributed by atoms with E-state index in [-0.39, 0.29) is 34.5 Å². The van der Waals surface area contributed by atoms with E-state index in [1.165, 1.54) is 18.2 Å². The Balaban J connectivity index is 1.63. The van der Waals surface area contributed by atoms with Crippen LogP contribution in [-0.4, -0.2) is 11.9 Å². The summed E-state index contributed by atoms with van der Waals surface area (Å²) in [5.74, 6) is -2.33. The van der Waals surface area contributed by atoms with E-state index in [2.05, 4.69) is 9.50 Å². The van der Waals surface area contributed by atoms with E-state index in [1.54, 1.807) is 19.1 Å². The molecule has 1 saturated carbocycles. The zero-order chi connectivity index (χ0) is 22.9. The van der Waals surface area contributed by atoms with Gasteiger partial charge in [0, 0.05) is 5.92 Å². The quantitative estimate of drug-likeness (QED) is 0.484. The van der Waals surface area contributed by atoms with Gasteiger partial charge in [0.2, 0.25) is 5.91 Å². The van der Waals surface area contributed by atoms with Gasteiger partial charge >= 0.3 is 5.97 Å². The highest BCUT2D eigenvalue weighted by Crippen LogP contribution is 2.48. The minimum absolute atomic E-state index is 0.0293. The largest absolute Gasteiger partial charge is 0.371 e. The highest BCUT2D eigenvalue weighted by Gasteiger charge is 2.44. The Bertz CT molecular complexity index is 1010. The van der Waals surface area contributed by atoms with Crippen molar-refractivity contribution in [1.29, 1.82) is 0 Å². The molecule has 1 aliphatic rings. The number of amides is 1. The maximum Gasteiger partial charge on any atom is 0.354 e. The van der Waals surface area contributed by atoms with E-state index >= 15 is 0 Å². The molecule has 0 heterocycles. The van der Waals surface area contributed by atoms with Crippen LogP contribution in [0, 0.1) is 17.6 Å². The molecule has 0 unspecified atom stereocenters. The van der Waals surface area contributed by atoms with Gasteiger partial charge in [0.15, 0.2) is 0 Å². The summed E-state index contributed by atoms with van der Waals surface area (Å²) in [6, 6.07) is 8.78. The number of nitrogens with one attached hydrogen (secondary N) is 1. The second kappa shape index (κ2) is 8.96. The van der Waals surface area contributed by atoms with E-state index in [0.29, 0.717) is 29.8 Å². The molecule has 0 saturated heterocycles. The molecule has 2 aromatic rings.